The molecule has 2 aromatic carbocycles. The van der Waals surface area contributed by atoms with Crippen LogP contribution in [0.2, 0.25) is 6.82 Å². The molecule has 0 atom stereocenters. The van der Waals surface area contributed by atoms with Gasteiger partial charge in [-0.3, -0.25) is 4.99 Å². The maximum Gasteiger partial charge on any atom is 0.154 e. The molecule has 2 aromatic rings. The molecule has 0 spiro atoms. The van der Waals surface area contributed by atoms with Crippen molar-refractivity contribution in [3.05, 3.63) is 65.2 Å². The van der Waals surface area contributed by atoms with Gasteiger partial charge in [-0.1, -0.05) is 60.8 Å². The van der Waals surface area contributed by atoms with Gasteiger partial charge in [-0.2, -0.15) is 0 Å². The molecule has 2 heteroatoms. The lowest BCUT2D eigenvalue weighted by molar-refractivity contribution is 1.11. The lowest BCUT2D eigenvalue weighted by atomic mass is 9.73. The molecule has 1 aliphatic rings. The first kappa shape index (κ1) is 10.3. The Morgan fingerprint density at radius 1 is 1.00 bits per heavy atom. The van der Waals surface area contributed by atoms with E-state index < -0.39 is 0 Å². The molecule has 82 valence electrons. The second-order valence-corrected chi connectivity index (χ2v) is 4.37. The lowest BCUT2D eigenvalue weighted by Gasteiger charge is -2.04. The number of rotatable bonds is 2. The molecule has 17 heavy (non-hydrogen) atoms. The number of benzene rings is 2. The summed E-state index contributed by atoms with van der Waals surface area (Å²) in [5.74, 6) is 0. The van der Waals surface area contributed by atoms with Crippen LogP contribution in [0.4, 0.5) is 0 Å². The topological polar surface area (TPSA) is 12.4 Å². The minimum atomic E-state index is 0.820. The van der Waals surface area contributed by atoms with Gasteiger partial charge in [-0.25, -0.2) is 0 Å². The number of hydrogen-bond acceptors (Lipinski definition) is 1. The van der Waals surface area contributed by atoms with E-state index in [1.807, 2.05) is 0 Å². The van der Waals surface area contributed by atoms with Crippen LogP contribution in [-0.4, -0.2) is 13.0 Å². The fourth-order valence-electron chi connectivity index (χ4n) is 2.28. The zero-order valence-electron chi connectivity index (χ0n) is 9.98. The summed E-state index contributed by atoms with van der Waals surface area (Å²) in [6, 6.07) is 17.2. The molecule has 0 unspecified atom stereocenters. The minimum absolute atomic E-state index is 0.820. The van der Waals surface area contributed by atoms with E-state index in [9.17, 15) is 0 Å². The maximum atomic E-state index is 4.65. The van der Waals surface area contributed by atoms with Gasteiger partial charge in [-0.05, 0) is 5.56 Å². The Balaban J connectivity index is 2.01. The van der Waals surface area contributed by atoms with Crippen molar-refractivity contribution < 1.29 is 0 Å². The minimum Gasteiger partial charge on any atom is -0.279 e. The van der Waals surface area contributed by atoms with Crippen molar-refractivity contribution in [1.82, 2.24) is 0 Å². The Hall–Kier alpha value is -1.83. The third kappa shape index (κ3) is 1.80. The first-order valence-electron chi connectivity index (χ1n) is 6.10. The molecule has 0 amide bonds. The Morgan fingerprint density at radius 3 is 2.53 bits per heavy atom. The molecule has 0 saturated heterocycles. The standard InChI is InChI=1S/C15H14BN/c1-16-13-8-6-11(7-9-13)15-14-5-3-2-4-12(14)10-17-15/h2-9,16H,10H2,1H3. The van der Waals surface area contributed by atoms with Gasteiger partial charge in [0, 0.05) is 11.1 Å². The van der Waals surface area contributed by atoms with Crippen LogP contribution in [0.15, 0.2) is 53.5 Å². The van der Waals surface area contributed by atoms with Gasteiger partial charge in [0.1, 0.15) is 0 Å². The summed E-state index contributed by atoms with van der Waals surface area (Å²) < 4.78 is 0. The summed E-state index contributed by atoms with van der Waals surface area (Å²) >= 11 is 0. The van der Waals surface area contributed by atoms with E-state index in [-0.39, 0.29) is 0 Å². The van der Waals surface area contributed by atoms with Crippen LogP contribution in [0.3, 0.4) is 0 Å². The Kier molecular flexibility index (Phi) is 2.56. The molecule has 1 heterocycles. The van der Waals surface area contributed by atoms with Crippen LogP contribution in [0.1, 0.15) is 16.7 Å². The average molecular weight is 219 g/mol. The molecule has 0 aliphatic carbocycles. The largest absolute Gasteiger partial charge is 0.279 e. The first-order chi connectivity index (χ1) is 8.38. The summed E-state index contributed by atoms with van der Waals surface area (Å²) in [5.41, 5.74) is 6.37. The van der Waals surface area contributed by atoms with Gasteiger partial charge in [0.25, 0.3) is 0 Å². The SMILES string of the molecule is CBc1ccc(C2=NCc3ccccc32)cc1. The fraction of sp³-hybridized carbons (Fsp3) is 0.133. The van der Waals surface area contributed by atoms with Crippen molar-refractivity contribution in [3.63, 3.8) is 0 Å². The predicted molar refractivity (Wildman–Crippen MR) is 74.9 cm³/mol. The van der Waals surface area contributed by atoms with Crippen LogP contribution in [0.25, 0.3) is 0 Å². The highest BCUT2D eigenvalue weighted by molar-refractivity contribution is 6.51. The second-order valence-electron chi connectivity index (χ2n) is 4.37. The van der Waals surface area contributed by atoms with Crippen molar-refractivity contribution in [2.24, 2.45) is 4.99 Å². The smallest absolute Gasteiger partial charge is 0.154 e. The lowest BCUT2D eigenvalue weighted by Crippen LogP contribution is -2.11. The normalized spacial score (nSPS) is 13.1. The van der Waals surface area contributed by atoms with E-state index >= 15 is 0 Å². The number of fused-ring (bicyclic) bond motifs is 1. The molecule has 0 aromatic heterocycles. The molecule has 0 saturated carbocycles. The fourth-order valence-corrected chi connectivity index (χ4v) is 2.28. The summed E-state index contributed by atoms with van der Waals surface area (Å²) in [7, 11) is 1.09. The predicted octanol–water partition coefficient (Wildman–Crippen LogP) is 2.15. The Morgan fingerprint density at radius 2 is 1.76 bits per heavy atom. The number of aliphatic imine (C=N–C) groups is 1. The summed E-state index contributed by atoms with van der Waals surface area (Å²) in [6.07, 6.45) is 0. The van der Waals surface area contributed by atoms with Gasteiger partial charge >= 0.3 is 0 Å². The highest BCUT2D eigenvalue weighted by Gasteiger charge is 2.15. The summed E-state index contributed by atoms with van der Waals surface area (Å²) in [4.78, 5) is 4.65. The first-order valence-corrected chi connectivity index (χ1v) is 6.10. The second kappa shape index (κ2) is 4.21. The van der Waals surface area contributed by atoms with E-state index in [0.29, 0.717) is 0 Å². The van der Waals surface area contributed by atoms with E-state index in [1.54, 1.807) is 0 Å². The molecule has 3 rings (SSSR count). The molecule has 1 aliphatic heterocycles. The number of nitrogens with zero attached hydrogens (tertiary/aromatic N) is 1. The zero-order valence-corrected chi connectivity index (χ0v) is 9.98. The van der Waals surface area contributed by atoms with Gasteiger partial charge in [-0.15, -0.1) is 0 Å². The monoisotopic (exact) mass is 219 g/mol. The van der Waals surface area contributed by atoms with Crippen LogP contribution in [0.5, 0.6) is 0 Å². The molecule has 0 fully saturated rings. The average Bonchev–Trinajstić information content (AvgIpc) is 2.83. The molecule has 0 bridgehead atoms. The molecular weight excluding hydrogens is 205 g/mol. The summed E-state index contributed by atoms with van der Waals surface area (Å²) in [5, 5.41) is 0. The van der Waals surface area contributed by atoms with Crippen molar-refractivity contribution in [3.8, 4) is 0 Å². The Labute approximate surface area is 102 Å². The van der Waals surface area contributed by atoms with Gasteiger partial charge in [0.15, 0.2) is 7.28 Å². The van der Waals surface area contributed by atoms with Crippen LogP contribution < -0.4 is 5.46 Å². The Bertz CT molecular complexity index is 570. The van der Waals surface area contributed by atoms with E-state index in [0.717, 1.165) is 19.5 Å². The van der Waals surface area contributed by atoms with Crippen molar-refractivity contribution in [2.75, 3.05) is 0 Å². The van der Waals surface area contributed by atoms with Crippen molar-refractivity contribution >= 4 is 18.5 Å². The quantitative estimate of drug-likeness (QED) is 0.686. The van der Waals surface area contributed by atoms with Gasteiger partial charge < -0.3 is 0 Å². The third-order valence-electron chi connectivity index (χ3n) is 3.32. The van der Waals surface area contributed by atoms with Gasteiger partial charge in [0.2, 0.25) is 0 Å². The third-order valence-corrected chi connectivity index (χ3v) is 3.32. The van der Waals surface area contributed by atoms with Crippen LogP contribution >= 0.6 is 0 Å². The van der Waals surface area contributed by atoms with Gasteiger partial charge in [0.05, 0.1) is 12.3 Å². The maximum absolute atomic E-state index is 4.65. The highest BCUT2D eigenvalue weighted by Crippen LogP contribution is 2.22. The molecular formula is C15H14BN. The van der Waals surface area contributed by atoms with E-state index in [1.165, 1.54) is 22.2 Å². The molecule has 0 N–H and O–H groups in total. The molecule has 0 radical (unpaired) electrons. The van der Waals surface area contributed by atoms with Crippen LogP contribution in [0, 0.1) is 0 Å². The summed E-state index contributed by atoms with van der Waals surface area (Å²) in [6.45, 7) is 3.00. The molecule has 1 nitrogen and oxygen atoms in total. The van der Waals surface area contributed by atoms with Crippen LogP contribution in [-0.2, 0) is 6.54 Å². The highest BCUT2D eigenvalue weighted by atomic mass is 14.8. The van der Waals surface area contributed by atoms with Crippen molar-refractivity contribution in [2.45, 2.75) is 13.4 Å². The van der Waals surface area contributed by atoms with Crippen molar-refractivity contribution in [1.29, 1.82) is 0 Å². The van der Waals surface area contributed by atoms with E-state index in [2.05, 4.69) is 60.3 Å². The number of hydrogen-bond donors (Lipinski definition) is 0. The van der Waals surface area contributed by atoms with E-state index in [4.69, 9.17) is 0 Å². The zero-order chi connectivity index (χ0) is 11.7.